The Morgan fingerprint density at radius 2 is 2.09 bits per heavy atom. The molecule has 1 fully saturated rings. The van der Waals surface area contributed by atoms with E-state index in [4.69, 9.17) is 5.73 Å². The van der Waals surface area contributed by atoms with Gasteiger partial charge in [0.25, 0.3) is 5.91 Å². The lowest BCUT2D eigenvalue weighted by Crippen LogP contribution is -2.30. The number of amides is 1. The number of likely N-dealkylation sites (tertiary alicyclic amines) is 1. The summed E-state index contributed by atoms with van der Waals surface area (Å²) in [5.74, 6) is -0.347. The maximum absolute atomic E-state index is 13.9. The smallest absolute Gasteiger partial charge is 0.256 e. The average Bonchev–Trinajstić information content (AvgIpc) is 2.96. The lowest BCUT2D eigenvalue weighted by molar-refractivity contribution is 0.0789. The molecule has 1 unspecified atom stereocenters. The fourth-order valence-electron chi connectivity index (χ4n) is 2.84. The molecule has 0 spiro atoms. The Labute approximate surface area is 128 Å². The van der Waals surface area contributed by atoms with Gasteiger partial charge < -0.3 is 10.6 Å². The zero-order valence-corrected chi connectivity index (χ0v) is 12.8. The maximum atomic E-state index is 13.9. The van der Waals surface area contributed by atoms with E-state index in [2.05, 4.69) is 9.97 Å². The summed E-state index contributed by atoms with van der Waals surface area (Å²) < 4.78 is 13.9. The molecule has 1 saturated heterocycles. The number of aryl methyl sites for hydroxylation is 2. The molecular weight excluding hydrogens is 283 g/mol. The van der Waals surface area contributed by atoms with E-state index in [1.807, 2.05) is 13.8 Å². The molecule has 5 nitrogen and oxygen atoms in total. The monoisotopic (exact) mass is 302 g/mol. The minimum absolute atomic E-state index is 0.196. The lowest BCUT2D eigenvalue weighted by Gasteiger charge is -2.17. The molecule has 1 aliphatic heterocycles. The van der Waals surface area contributed by atoms with Gasteiger partial charge in [-0.3, -0.25) is 4.79 Å². The van der Waals surface area contributed by atoms with Crippen LogP contribution in [0.2, 0.25) is 0 Å². The Morgan fingerprint density at radius 3 is 2.77 bits per heavy atom. The van der Waals surface area contributed by atoms with Crippen LogP contribution in [0.1, 0.15) is 28.2 Å². The summed E-state index contributed by atoms with van der Waals surface area (Å²) in [5, 5.41) is 0. The van der Waals surface area contributed by atoms with Crippen molar-refractivity contribution in [1.29, 1.82) is 0 Å². The van der Waals surface area contributed by atoms with Crippen LogP contribution in [0.5, 0.6) is 0 Å². The Morgan fingerprint density at radius 1 is 1.36 bits per heavy atom. The van der Waals surface area contributed by atoms with Crippen molar-refractivity contribution < 1.29 is 9.18 Å². The number of rotatable bonds is 2. The van der Waals surface area contributed by atoms with Crippen molar-refractivity contribution >= 4 is 16.9 Å². The number of fused-ring (bicyclic) bond motifs is 1. The third-order valence-corrected chi connectivity index (χ3v) is 4.28. The highest BCUT2D eigenvalue weighted by atomic mass is 19.1. The number of carbonyl (C=O) groups is 1. The first-order valence-electron chi connectivity index (χ1n) is 7.43. The third-order valence-electron chi connectivity index (χ3n) is 4.28. The van der Waals surface area contributed by atoms with Gasteiger partial charge in [-0.1, -0.05) is 0 Å². The molecule has 0 aliphatic carbocycles. The van der Waals surface area contributed by atoms with Crippen molar-refractivity contribution in [3.63, 3.8) is 0 Å². The van der Waals surface area contributed by atoms with Crippen LogP contribution in [-0.4, -0.2) is 40.4 Å². The Bertz CT molecular complexity index is 746. The summed E-state index contributed by atoms with van der Waals surface area (Å²) >= 11 is 0. The fourth-order valence-corrected chi connectivity index (χ4v) is 2.84. The van der Waals surface area contributed by atoms with Crippen LogP contribution in [-0.2, 0) is 0 Å². The second kappa shape index (κ2) is 5.61. The first-order chi connectivity index (χ1) is 10.5. The van der Waals surface area contributed by atoms with Gasteiger partial charge in [-0.05, 0) is 38.8 Å². The third kappa shape index (κ3) is 2.54. The van der Waals surface area contributed by atoms with E-state index in [-0.39, 0.29) is 11.5 Å². The van der Waals surface area contributed by atoms with Gasteiger partial charge in [0.1, 0.15) is 11.3 Å². The zero-order valence-electron chi connectivity index (χ0n) is 12.8. The molecule has 0 saturated carbocycles. The molecule has 3 rings (SSSR count). The van der Waals surface area contributed by atoms with Crippen LogP contribution < -0.4 is 5.73 Å². The molecule has 2 heterocycles. The van der Waals surface area contributed by atoms with E-state index in [0.717, 1.165) is 17.8 Å². The van der Waals surface area contributed by atoms with E-state index in [1.54, 1.807) is 4.90 Å². The Balaban J connectivity index is 2.06. The van der Waals surface area contributed by atoms with Crippen molar-refractivity contribution in [2.45, 2.75) is 20.3 Å². The number of carbonyl (C=O) groups excluding carboxylic acids is 1. The van der Waals surface area contributed by atoms with Crippen molar-refractivity contribution in [1.82, 2.24) is 14.9 Å². The number of hydrogen-bond donors (Lipinski definition) is 1. The average molecular weight is 302 g/mol. The van der Waals surface area contributed by atoms with Gasteiger partial charge in [0, 0.05) is 19.2 Å². The van der Waals surface area contributed by atoms with Crippen LogP contribution in [0.4, 0.5) is 4.39 Å². The molecule has 0 bridgehead atoms. The quantitative estimate of drug-likeness (QED) is 0.918. The van der Waals surface area contributed by atoms with E-state index >= 15 is 0 Å². The summed E-state index contributed by atoms with van der Waals surface area (Å²) in [4.78, 5) is 23.2. The molecule has 1 atom stereocenters. The van der Waals surface area contributed by atoms with Gasteiger partial charge in [-0.2, -0.15) is 0 Å². The molecule has 6 heteroatoms. The van der Waals surface area contributed by atoms with E-state index in [0.29, 0.717) is 36.6 Å². The minimum Gasteiger partial charge on any atom is -0.338 e. The first-order valence-corrected chi connectivity index (χ1v) is 7.43. The fraction of sp³-hybridized carbons (Fsp3) is 0.438. The largest absolute Gasteiger partial charge is 0.338 e. The van der Waals surface area contributed by atoms with Crippen LogP contribution in [0.15, 0.2) is 12.1 Å². The summed E-state index contributed by atoms with van der Waals surface area (Å²) in [5.41, 5.74) is 8.31. The Kier molecular flexibility index (Phi) is 3.78. The highest BCUT2D eigenvalue weighted by Crippen LogP contribution is 2.23. The van der Waals surface area contributed by atoms with Crippen LogP contribution in [0, 0.1) is 25.6 Å². The predicted octanol–water partition coefficient (Wildman–Crippen LogP) is 1.81. The minimum atomic E-state index is -0.469. The van der Waals surface area contributed by atoms with Crippen LogP contribution >= 0.6 is 0 Å². The van der Waals surface area contributed by atoms with E-state index in [1.165, 1.54) is 12.1 Å². The molecule has 1 aromatic carbocycles. The standard InChI is InChI=1S/C16H19FN4O/c1-9-10(2)20-15-13(5-12(17)6-14(15)19-9)16(22)21-4-3-11(7-18)8-21/h5-6,11H,3-4,7-8,18H2,1-2H3. The second-order valence-electron chi connectivity index (χ2n) is 5.86. The highest BCUT2D eigenvalue weighted by molar-refractivity contribution is 6.04. The Hall–Kier alpha value is -2.08. The van der Waals surface area contributed by atoms with Gasteiger partial charge >= 0.3 is 0 Å². The molecule has 2 N–H and O–H groups in total. The number of nitrogens with zero attached hydrogens (tertiary/aromatic N) is 3. The molecule has 22 heavy (non-hydrogen) atoms. The van der Waals surface area contributed by atoms with Gasteiger partial charge in [0.05, 0.1) is 22.5 Å². The molecule has 1 amide bonds. The maximum Gasteiger partial charge on any atom is 0.256 e. The molecule has 0 radical (unpaired) electrons. The molecule has 1 aromatic heterocycles. The molecule has 2 aromatic rings. The number of nitrogens with two attached hydrogens (primary N) is 1. The molecule has 116 valence electrons. The van der Waals surface area contributed by atoms with Crippen LogP contribution in [0.3, 0.4) is 0 Å². The summed E-state index contributed by atoms with van der Waals surface area (Å²) in [6.45, 7) is 5.48. The van der Waals surface area contributed by atoms with Crippen molar-refractivity contribution in [2.24, 2.45) is 11.7 Å². The number of benzene rings is 1. The lowest BCUT2D eigenvalue weighted by atomic mass is 10.1. The number of aromatic nitrogens is 2. The van der Waals surface area contributed by atoms with Crippen molar-refractivity contribution in [3.8, 4) is 0 Å². The van der Waals surface area contributed by atoms with Gasteiger partial charge in [0.2, 0.25) is 0 Å². The summed E-state index contributed by atoms with van der Waals surface area (Å²) in [7, 11) is 0. The predicted molar refractivity (Wildman–Crippen MR) is 82.0 cm³/mol. The summed E-state index contributed by atoms with van der Waals surface area (Å²) in [6.07, 6.45) is 0.888. The highest BCUT2D eigenvalue weighted by Gasteiger charge is 2.28. The number of hydrogen-bond acceptors (Lipinski definition) is 4. The van der Waals surface area contributed by atoms with Gasteiger partial charge in [-0.25, -0.2) is 14.4 Å². The summed E-state index contributed by atoms with van der Waals surface area (Å²) in [6, 6.07) is 2.57. The van der Waals surface area contributed by atoms with Gasteiger partial charge in [-0.15, -0.1) is 0 Å². The second-order valence-corrected chi connectivity index (χ2v) is 5.86. The molecule has 1 aliphatic rings. The zero-order chi connectivity index (χ0) is 15.9. The van der Waals surface area contributed by atoms with E-state index in [9.17, 15) is 9.18 Å². The normalized spacial score (nSPS) is 18.2. The van der Waals surface area contributed by atoms with Crippen LogP contribution in [0.25, 0.3) is 11.0 Å². The van der Waals surface area contributed by atoms with Crippen molar-refractivity contribution in [3.05, 3.63) is 34.9 Å². The molecular formula is C16H19FN4O. The number of halogens is 1. The SMILES string of the molecule is Cc1nc2cc(F)cc(C(=O)N3CCC(CN)C3)c2nc1C. The van der Waals surface area contributed by atoms with E-state index < -0.39 is 5.82 Å². The van der Waals surface area contributed by atoms with Crippen molar-refractivity contribution in [2.75, 3.05) is 19.6 Å². The topological polar surface area (TPSA) is 72.1 Å². The van der Waals surface area contributed by atoms with Gasteiger partial charge in [0.15, 0.2) is 0 Å². The first kappa shape index (κ1) is 14.8.